The van der Waals surface area contributed by atoms with Crippen LogP contribution in [0.25, 0.3) is 0 Å². The lowest BCUT2D eigenvalue weighted by Gasteiger charge is -2.06. The quantitative estimate of drug-likeness (QED) is 0.461. The minimum atomic E-state index is -0.925. The molecule has 1 aromatic rings. The summed E-state index contributed by atoms with van der Waals surface area (Å²) in [6.07, 6.45) is -0.0434. The van der Waals surface area contributed by atoms with Gasteiger partial charge in [-0.1, -0.05) is 17.7 Å². The second-order valence-electron chi connectivity index (χ2n) is 3.32. The number of nitro benzene ring substituents is 1. The Hall–Kier alpha value is -1.66. The lowest BCUT2D eigenvalue weighted by Crippen LogP contribution is -2.18. The molecule has 1 rings (SSSR count). The van der Waals surface area contributed by atoms with E-state index in [1.165, 1.54) is 12.1 Å². The summed E-state index contributed by atoms with van der Waals surface area (Å²) in [6.45, 7) is 0.404. The van der Waals surface area contributed by atoms with E-state index in [1.54, 1.807) is 6.07 Å². The Morgan fingerprint density at radius 2 is 2.24 bits per heavy atom. The molecule has 6 nitrogen and oxygen atoms in total. The van der Waals surface area contributed by atoms with Crippen LogP contribution < -0.4 is 5.32 Å². The SMILES string of the molecule is O=C(O)CCNCc1c(Cl)cccc1[N+](=O)[O-]. The Morgan fingerprint density at radius 1 is 1.53 bits per heavy atom. The van der Waals surface area contributed by atoms with Crippen LogP contribution in [0.4, 0.5) is 5.69 Å². The summed E-state index contributed by atoms with van der Waals surface area (Å²) < 4.78 is 0. The zero-order chi connectivity index (χ0) is 12.8. The highest BCUT2D eigenvalue weighted by Gasteiger charge is 2.15. The Bertz CT molecular complexity index is 436. The van der Waals surface area contributed by atoms with Gasteiger partial charge in [0.1, 0.15) is 0 Å². The third kappa shape index (κ3) is 4.01. The van der Waals surface area contributed by atoms with Gasteiger partial charge < -0.3 is 10.4 Å². The Kier molecular flexibility index (Phi) is 4.86. The fourth-order valence-corrected chi connectivity index (χ4v) is 1.54. The first-order valence-corrected chi connectivity index (χ1v) is 5.24. The highest BCUT2D eigenvalue weighted by atomic mass is 35.5. The first-order valence-electron chi connectivity index (χ1n) is 4.86. The van der Waals surface area contributed by atoms with Crippen molar-refractivity contribution < 1.29 is 14.8 Å². The molecule has 1 aromatic carbocycles. The maximum Gasteiger partial charge on any atom is 0.304 e. The first kappa shape index (κ1) is 13.4. The van der Waals surface area contributed by atoms with Crippen molar-refractivity contribution in [3.8, 4) is 0 Å². The molecule has 0 unspecified atom stereocenters. The van der Waals surface area contributed by atoms with Crippen LogP contribution >= 0.6 is 11.6 Å². The van der Waals surface area contributed by atoms with Crippen molar-refractivity contribution in [3.63, 3.8) is 0 Å². The van der Waals surface area contributed by atoms with E-state index in [4.69, 9.17) is 16.7 Å². The van der Waals surface area contributed by atoms with E-state index in [9.17, 15) is 14.9 Å². The number of halogens is 1. The van der Waals surface area contributed by atoms with Gasteiger partial charge in [0, 0.05) is 19.2 Å². The first-order chi connectivity index (χ1) is 8.02. The van der Waals surface area contributed by atoms with E-state index >= 15 is 0 Å². The van der Waals surface area contributed by atoms with E-state index in [0.717, 1.165) is 0 Å². The van der Waals surface area contributed by atoms with Gasteiger partial charge in [0.25, 0.3) is 5.69 Å². The minimum absolute atomic E-state index is 0.0434. The normalized spacial score (nSPS) is 10.2. The second-order valence-corrected chi connectivity index (χ2v) is 3.72. The van der Waals surface area contributed by atoms with Gasteiger partial charge in [-0.15, -0.1) is 0 Å². The van der Waals surface area contributed by atoms with Gasteiger partial charge in [-0.25, -0.2) is 0 Å². The van der Waals surface area contributed by atoms with Crippen LogP contribution in [-0.4, -0.2) is 22.5 Å². The number of nitro groups is 1. The van der Waals surface area contributed by atoms with E-state index in [2.05, 4.69) is 5.32 Å². The number of carboxylic acids is 1. The summed E-state index contributed by atoms with van der Waals surface area (Å²) in [5.41, 5.74) is 0.296. The van der Waals surface area contributed by atoms with Gasteiger partial charge in [-0.3, -0.25) is 14.9 Å². The van der Waals surface area contributed by atoms with Crippen molar-refractivity contribution in [1.82, 2.24) is 5.32 Å². The van der Waals surface area contributed by atoms with Crippen molar-refractivity contribution in [2.75, 3.05) is 6.54 Å². The largest absolute Gasteiger partial charge is 0.481 e. The van der Waals surface area contributed by atoms with Crippen LogP contribution in [0.3, 0.4) is 0 Å². The van der Waals surface area contributed by atoms with Crippen molar-refractivity contribution >= 4 is 23.3 Å². The zero-order valence-corrected chi connectivity index (χ0v) is 9.61. The fraction of sp³-hybridized carbons (Fsp3) is 0.300. The maximum atomic E-state index is 10.7. The van der Waals surface area contributed by atoms with Gasteiger partial charge in [-0.2, -0.15) is 0 Å². The smallest absolute Gasteiger partial charge is 0.304 e. The van der Waals surface area contributed by atoms with Crippen molar-refractivity contribution in [3.05, 3.63) is 38.9 Å². The summed E-state index contributed by atoms with van der Waals surface area (Å²) in [6, 6.07) is 4.42. The van der Waals surface area contributed by atoms with Gasteiger partial charge in [0.15, 0.2) is 0 Å². The van der Waals surface area contributed by atoms with Crippen LogP contribution in [0.5, 0.6) is 0 Å². The van der Waals surface area contributed by atoms with E-state index in [1.807, 2.05) is 0 Å². The molecule has 0 bridgehead atoms. The van der Waals surface area contributed by atoms with Crippen molar-refractivity contribution in [1.29, 1.82) is 0 Å². The molecule has 0 aliphatic heterocycles. The summed E-state index contributed by atoms with van der Waals surface area (Å²) in [7, 11) is 0. The molecule has 0 atom stereocenters. The number of nitrogens with zero attached hydrogens (tertiary/aromatic N) is 1. The number of nitrogens with one attached hydrogen (secondary N) is 1. The minimum Gasteiger partial charge on any atom is -0.481 e. The van der Waals surface area contributed by atoms with Crippen molar-refractivity contribution in [2.45, 2.75) is 13.0 Å². The molecule has 0 saturated heterocycles. The third-order valence-electron chi connectivity index (χ3n) is 2.11. The topological polar surface area (TPSA) is 92.5 Å². The van der Waals surface area contributed by atoms with E-state index < -0.39 is 10.9 Å². The molecule has 0 saturated carbocycles. The highest BCUT2D eigenvalue weighted by Crippen LogP contribution is 2.25. The Balaban J connectivity index is 2.69. The van der Waals surface area contributed by atoms with Gasteiger partial charge in [-0.05, 0) is 6.07 Å². The summed E-state index contributed by atoms with van der Waals surface area (Å²) >= 11 is 5.85. The van der Waals surface area contributed by atoms with Crippen LogP contribution in [0.1, 0.15) is 12.0 Å². The molecule has 17 heavy (non-hydrogen) atoms. The molecular weight excluding hydrogens is 248 g/mol. The number of carbonyl (C=O) groups is 1. The van der Waals surface area contributed by atoms with Gasteiger partial charge in [0.2, 0.25) is 0 Å². The molecule has 0 heterocycles. The van der Waals surface area contributed by atoms with Gasteiger partial charge >= 0.3 is 5.97 Å². The number of hydrogen-bond donors (Lipinski definition) is 2. The monoisotopic (exact) mass is 258 g/mol. The summed E-state index contributed by atoms with van der Waals surface area (Å²) in [5.74, 6) is -0.925. The number of hydrogen-bond acceptors (Lipinski definition) is 4. The lowest BCUT2D eigenvalue weighted by atomic mass is 10.2. The second kappa shape index (κ2) is 6.17. The molecule has 0 aromatic heterocycles. The molecule has 0 aliphatic carbocycles. The van der Waals surface area contributed by atoms with E-state index in [-0.39, 0.29) is 25.2 Å². The van der Waals surface area contributed by atoms with E-state index in [0.29, 0.717) is 10.6 Å². The molecule has 0 spiro atoms. The molecule has 7 heteroatoms. The molecule has 0 fully saturated rings. The molecule has 0 radical (unpaired) electrons. The standard InChI is InChI=1S/C10H11ClN2O4/c11-8-2-1-3-9(13(16)17)7(8)6-12-5-4-10(14)15/h1-3,12H,4-6H2,(H,14,15). The molecule has 92 valence electrons. The lowest BCUT2D eigenvalue weighted by molar-refractivity contribution is -0.385. The molecule has 0 amide bonds. The van der Waals surface area contributed by atoms with Crippen LogP contribution in [0.2, 0.25) is 5.02 Å². The third-order valence-corrected chi connectivity index (χ3v) is 2.46. The average Bonchev–Trinajstić information content (AvgIpc) is 2.25. The molecule has 2 N–H and O–H groups in total. The predicted molar refractivity (Wildman–Crippen MR) is 62.1 cm³/mol. The Morgan fingerprint density at radius 3 is 2.82 bits per heavy atom. The van der Waals surface area contributed by atoms with Gasteiger partial charge in [0.05, 0.1) is 21.9 Å². The van der Waals surface area contributed by atoms with Crippen LogP contribution in [0.15, 0.2) is 18.2 Å². The highest BCUT2D eigenvalue weighted by molar-refractivity contribution is 6.31. The zero-order valence-electron chi connectivity index (χ0n) is 8.85. The Labute approximate surface area is 102 Å². The summed E-state index contributed by atoms with van der Waals surface area (Å²) in [4.78, 5) is 20.5. The number of benzene rings is 1. The van der Waals surface area contributed by atoms with Crippen LogP contribution in [0, 0.1) is 10.1 Å². The number of carboxylic acid groups (broad SMARTS) is 1. The predicted octanol–water partition coefficient (Wildman–Crippen LogP) is 1.81. The number of rotatable bonds is 6. The van der Waals surface area contributed by atoms with Crippen LogP contribution in [-0.2, 0) is 11.3 Å². The maximum absolute atomic E-state index is 10.7. The number of aliphatic carboxylic acids is 1. The van der Waals surface area contributed by atoms with Crippen molar-refractivity contribution in [2.24, 2.45) is 0 Å². The average molecular weight is 259 g/mol. The molecule has 0 aliphatic rings. The summed E-state index contributed by atoms with van der Waals surface area (Å²) in [5, 5.41) is 22.3. The fourth-order valence-electron chi connectivity index (χ4n) is 1.30. The molecular formula is C10H11ClN2O4.